The van der Waals surface area contributed by atoms with E-state index < -0.39 is 34.2 Å². The summed E-state index contributed by atoms with van der Waals surface area (Å²) in [4.78, 5) is 50.1. The van der Waals surface area contributed by atoms with Crippen molar-refractivity contribution in [3.05, 3.63) is 75.4 Å². The number of rotatable bonds is 6. The molecule has 0 unspecified atom stereocenters. The van der Waals surface area contributed by atoms with Crippen molar-refractivity contribution in [2.45, 2.75) is 36.2 Å². The third kappa shape index (κ3) is 6.90. The van der Waals surface area contributed by atoms with E-state index in [4.69, 9.17) is 5.73 Å². The number of fused-ring (bicyclic) bond motifs is 1. The lowest BCUT2D eigenvalue weighted by Crippen LogP contribution is -2.59. The second-order valence-corrected chi connectivity index (χ2v) is 15.1. The zero-order valence-corrected chi connectivity index (χ0v) is 29.3. The number of hydrogen-bond acceptors (Lipinski definition) is 8. The number of piperazine rings is 1. The number of anilines is 3. The van der Waals surface area contributed by atoms with Crippen LogP contribution < -0.4 is 21.3 Å². The highest BCUT2D eigenvalue weighted by Gasteiger charge is 2.42. The average molecular weight is 791 g/mol. The maximum atomic E-state index is 14.0. The lowest BCUT2D eigenvalue weighted by Gasteiger charge is -2.40. The minimum atomic E-state index is -4.05. The molecule has 2 aromatic carbocycles. The fraction of sp³-hybridized carbons (Fsp3) is 0.355. The lowest BCUT2D eigenvalue weighted by atomic mass is 10.0. The molecule has 3 aromatic rings. The number of amides is 5. The van der Waals surface area contributed by atoms with Crippen LogP contribution >= 0.6 is 31.9 Å². The molecule has 4 heterocycles. The molecule has 0 bridgehead atoms. The van der Waals surface area contributed by atoms with Crippen LogP contribution in [-0.2, 0) is 21.2 Å². The van der Waals surface area contributed by atoms with Crippen LogP contribution in [0.25, 0.3) is 0 Å². The first kappa shape index (κ1) is 33.0. The number of carbonyl (C=O) groups excluding carboxylic acids is 3. The molecule has 2 fully saturated rings. The van der Waals surface area contributed by atoms with Gasteiger partial charge in [-0.2, -0.15) is 0 Å². The van der Waals surface area contributed by atoms with Crippen LogP contribution in [-0.4, -0.2) is 96.8 Å². The van der Waals surface area contributed by atoms with Crippen molar-refractivity contribution < 1.29 is 22.8 Å². The number of pyridine rings is 1. The highest BCUT2D eigenvalue weighted by atomic mass is 79.9. The lowest BCUT2D eigenvalue weighted by molar-refractivity contribution is -0.133. The highest BCUT2D eigenvalue weighted by Crippen LogP contribution is 2.34. The maximum Gasteiger partial charge on any atom is 0.336 e. The van der Waals surface area contributed by atoms with E-state index in [1.165, 1.54) is 6.07 Å². The molecule has 248 valence electrons. The Morgan fingerprint density at radius 2 is 1.60 bits per heavy atom. The van der Waals surface area contributed by atoms with Gasteiger partial charge < -0.3 is 31.1 Å². The van der Waals surface area contributed by atoms with Gasteiger partial charge in [-0.1, -0.05) is 12.1 Å². The third-order valence-electron chi connectivity index (χ3n) is 8.74. The van der Waals surface area contributed by atoms with Crippen LogP contribution in [0.2, 0.25) is 0 Å². The van der Waals surface area contributed by atoms with Gasteiger partial charge in [0.15, 0.2) is 0 Å². The molecule has 0 aliphatic carbocycles. The number of nitrogen functional groups attached to an aromatic ring is 1. The highest BCUT2D eigenvalue weighted by molar-refractivity contribution is 9.11. The third-order valence-corrected chi connectivity index (χ3v) is 11.9. The Labute approximate surface area is 289 Å². The average Bonchev–Trinajstić information content (AvgIpc) is 3.07. The van der Waals surface area contributed by atoms with E-state index in [0.29, 0.717) is 40.8 Å². The maximum absolute atomic E-state index is 14.0. The first-order valence-electron chi connectivity index (χ1n) is 15.2. The minimum absolute atomic E-state index is 0.0451. The molecule has 3 aliphatic heterocycles. The molecule has 0 spiro atoms. The van der Waals surface area contributed by atoms with Gasteiger partial charge in [-0.25, -0.2) is 22.3 Å². The topological polar surface area (TPSA) is 161 Å². The number of nitrogens with two attached hydrogens (primary N) is 1. The first-order chi connectivity index (χ1) is 22.5. The molecule has 47 heavy (non-hydrogen) atoms. The Kier molecular flexibility index (Phi) is 9.62. The SMILES string of the molecule is Nc1c(Br)cc(C[C@@H](NC(=O)N2CCC(N3C(=O)Nc4ccccc4S3(=O)=O)CC2)C(=O)N2CCN(c3ccncc3)CC2)cc1Br. The molecule has 3 aliphatic rings. The Hall–Kier alpha value is -3.89. The summed E-state index contributed by atoms with van der Waals surface area (Å²) in [5.41, 5.74) is 8.71. The fourth-order valence-corrected chi connectivity index (χ4v) is 9.24. The van der Waals surface area contributed by atoms with E-state index >= 15 is 0 Å². The standard InChI is InChI=1S/C31H34Br2N8O5S/c32-23-17-20(18-24(33)28(23)34)19-26(29(42)39-15-13-38(14-16-39)21-5-9-35-10-6-21)37-30(43)40-11-7-22(8-12-40)41-31(44)36-25-3-1-2-4-27(25)47(41,45)46/h1-6,9-10,17-18,22,26H,7-8,11-16,19,34H2,(H,36,44)(H,37,43)/t26-/m1/s1. The first-order valence-corrected chi connectivity index (χ1v) is 18.2. The number of hydrogen-bond donors (Lipinski definition) is 3. The Bertz CT molecular complexity index is 1760. The number of urea groups is 2. The van der Waals surface area contributed by atoms with Crippen molar-refractivity contribution in [2.75, 3.05) is 55.2 Å². The zero-order chi connectivity index (χ0) is 33.3. The Balaban J connectivity index is 1.14. The van der Waals surface area contributed by atoms with Crippen LogP contribution in [0.1, 0.15) is 18.4 Å². The van der Waals surface area contributed by atoms with E-state index in [1.54, 1.807) is 40.4 Å². The largest absolute Gasteiger partial charge is 0.397 e. The number of piperidine rings is 1. The molecule has 2 saturated heterocycles. The molecule has 1 aromatic heterocycles. The van der Waals surface area contributed by atoms with Crippen molar-refractivity contribution in [3.63, 3.8) is 0 Å². The Morgan fingerprint density at radius 3 is 2.26 bits per heavy atom. The van der Waals surface area contributed by atoms with E-state index in [1.807, 2.05) is 24.3 Å². The van der Waals surface area contributed by atoms with Crippen molar-refractivity contribution >= 4 is 76.9 Å². The van der Waals surface area contributed by atoms with Gasteiger partial charge in [-0.15, -0.1) is 0 Å². The van der Waals surface area contributed by atoms with E-state index in [9.17, 15) is 22.8 Å². The molecular formula is C31H34Br2N8O5S. The fourth-order valence-electron chi connectivity index (χ4n) is 6.24. The van der Waals surface area contributed by atoms with E-state index in [0.717, 1.165) is 15.6 Å². The van der Waals surface area contributed by atoms with Crippen molar-refractivity contribution in [1.29, 1.82) is 0 Å². The van der Waals surface area contributed by atoms with Crippen molar-refractivity contribution in [2.24, 2.45) is 0 Å². The van der Waals surface area contributed by atoms with E-state index in [2.05, 4.69) is 52.4 Å². The Morgan fingerprint density at radius 1 is 0.957 bits per heavy atom. The van der Waals surface area contributed by atoms with Crippen LogP contribution in [0.15, 0.2) is 74.8 Å². The summed E-state index contributed by atoms with van der Waals surface area (Å²) in [5, 5.41) is 5.63. The predicted octanol–water partition coefficient (Wildman–Crippen LogP) is 3.86. The number of likely N-dealkylation sites (tertiary alicyclic amines) is 1. The van der Waals surface area contributed by atoms with Crippen molar-refractivity contribution in [3.8, 4) is 0 Å². The summed E-state index contributed by atoms with van der Waals surface area (Å²) in [6, 6.07) is 11.2. The summed E-state index contributed by atoms with van der Waals surface area (Å²) < 4.78 is 29.0. The number of nitrogens with zero attached hydrogens (tertiary/aromatic N) is 5. The van der Waals surface area contributed by atoms with Gasteiger partial charge in [-0.05, 0) is 86.7 Å². The summed E-state index contributed by atoms with van der Waals surface area (Å²) in [6.07, 6.45) is 4.23. The van der Waals surface area contributed by atoms with Gasteiger partial charge in [0.05, 0.1) is 17.4 Å². The number of halogens is 2. The smallest absolute Gasteiger partial charge is 0.336 e. The number of para-hydroxylation sites is 1. The summed E-state index contributed by atoms with van der Waals surface area (Å²) in [5.74, 6) is -0.193. The second-order valence-electron chi connectivity index (χ2n) is 11.6. The van der Waals surface area contributed by atoms with Crippen LogP contribution in [0, 0.1) is 0 Å². The number of carbonyl (C=O) groups is 3. The number of sulfonamides is 1. The predicted molar refractivity (Wildman–Crippen MR) is 184 cm³/mol. The molecule has 16 heteroatoms. The second kappa shape index (κ2) is 13.7. The van der Waals surface area contributed by atoms with E-state index in [-0.39, 0.29) is 48.8 Å². The number of nitrogens with one attached hydrogen (secondary N) is 2. The molecule has 6 rings (SSSR count). The molecular weight excluding hydrogens is 756 g/mol. The number of benzene rings is 2. The molecule has 0 saturated carbocycles. The molecule has 0 radical (unpaired) electrons. The van der Waals surface area contributed by atoms with Gasteiger partial charge in [0.25, 0.3) is 10.0 Å². The van der Waals surface area contributed by atoms with Gasteiger partial charge >= 0.3 is 12.1 Å². The van der Waals surface area contributed by atoms with Crippen LogP contribution in [0.4, 0.5) is 26.7 Å². The van der Waals surface area contributed by atoms with Crippen molar-refractivity contribution in [1.82, 2.24) is 24.4 Å². The molecule has 13 nitrogen and oxygen atoms in total. The van der Waals surface area contributed by atoms with Gasteiger partial charge in [0.2, 0.25) is 5.91 Å². The van der Waals surface area contributed by atoms with Crippen LogP contribution in [0.3, 0.4) is 0 Å². The molecule has 1 atom stereocenters. The number of aromatic nitrogens is 1. The molecule has 5 amide bonds. The normalized spacial score (nSPS) is 18.7. The summed E-state index contributed by atoms with van der Waals surface area (Å²) in [6.45, 7) is 2.68. The van der Waals surface area contributed by atoms with Gasteiger partial charge in [-0.3, -0.25) is 9.78 Å². The monoisotopic (exact) mass is 788 g/mol. The minimum Gasteiger partial charge on any atom is -0.397 e. The molecule has 4 N–H and O–H groups in total. The van der Waals surface area contributed by atoms with Gasteiger partial charge in [0, 0.05) is 72.7 Å². The van der Waals surface area contributed by atoms with Crippen LogP contribution in [0.5, 0.6) is 0 Å². The summed E-state index contributed by atoms with van der Waals surface area (Å²) in [7, 11) is -4.05. The zero-order valence-electron chi connectivity index (χ0n) is 25.3. The summed E-state index contributed by atoms with van der Waals surface area (Å²) >= 11 is 6.94. The quantitative estimate of drug-likeness (QED) is 0.318. The van der Waals surface area contributed by atoms with Gasteiger partial charge in [0.1, 0.15) is 10.9 Å².